The maximum atomic E-state index is 14.1. The summed E-state index contributed by atoms with van der Waals surface area (Å²) in [6, 6.07) is 28.5. The van der Waals surface area contributed by atoms with Gasteiger partial charge in [-0.05, 0) is 133 Å². The Kier molecular flexibility index (Phi) is 15.7. The van der Waals surface area contributed by atoms with E-state index in [0.29, 0.717) is 102 Å². The summed E-state index contributed by atoms with van der Waals surface area (Å²) in [6.07, 6.45) is 7.01. The maximum Gasteiger partial charge on any atom is 0.256 e. The van der Waals surface area contributed by atoms with Crippen molar-refractivity contribution in [3.63, 3.8) is 0 Å². The number of ketones is 2. The molecule has 14 nitrogen and oxygen atoms in total. The van der Waals surface area contributed by atoms with Crippen LogP contribution in [0.2, 0.25) is 0 Å². The van der Waals surface area contributed by atoms with Crippen molar-refractivity contribution < 1.29 is 43.0 Å². The highest BCUT2D eigenvalue weighted by atomic mass is 16.5. The van der Waals surface area contributed by atoms with E-state index in [2.05, 4.69) is 34.9 Å². The molecule has 4 atom stereocenters. The number of nitrogens with one attached hydrogen (secondary N) is 2. The Hall–Kier alpha value is -7.61. The zero-order valence-corrected chi connectivity index (χ0v) is 43.0. The van der Waals surface area contributed by atoms with Crippen molar-refractivity contribution in [3.8, 4) is 17.2 Å². The average Bonchev–Trinajstić information content (AvgIpc) is 3.61. The van der Waals surface area contributed by atoms with E-state index in [9.17, 15) is 28.8 Å². The number of carbonyl (C=O) groups is 6. The van der Waals surface area contributed by atoms with Crippen LogP contribution < -0.4 is 24.8 Å². The first kappa shape index (κ1) is 51.3. The predicted octanol–water partition coefficient (Wildman–Crippen LogP) is 9.54. The van der Waals surface area contributed by atoms with Crippen molar-refractivity contribution >= 4 is 52.8 Å². The van der Waals surface area contributed by atoms with Crippen molar-refractivity contribution in [1.82, 2.24) is 15.1 Å². The van der Waals surface area contributed by atoms with Crippen molar-refractivity contribution in [1.29, 1.82) is 0 Å². The summed E-state index contributed by atoms with van der Waals surface area (Å²) in [7, 11) is 1.55. The van der Waals surface area contributed by atoms with Crippen LogP contribution in [0.15, 0.2) is 96.0 Å². The molecule has 384 valence electrons. The fourth-order valence-electron chi connectivity index (χ4n) is 10.5. The van der Waals surface area contributed by atoms with Crippen LogP contribution in [0.4, 0.5) is 11.4 Å². The third kappa shape index (κ3) is 11.6. The molecule has 14 heteroatoms. The van der Waals surface area contributed by atoms with E-state index < -0.39 is 12.0 Å². The number of benzene rings is 5. The molecule has 0 aromatic heterocycles. The molecule has 0 radical (unpaired) electrons. The number of hydrogen-bond donors (Lipinski definition) is 2. The van der Waals surface area contributed by atoms with Gasteiger partial charge in [0.2, 0.25) is 11.8 Å². The van der Waals surface area contributed by atoms with E-state index in [1.807, 2.05) is 84.5 Å². The Morgan fingerprint density at radius 1 is 0.730 bits per heavy atom. The van der Waals surface area contributed by atoms with Crippen LogP contribution in [0.5, 0.6) is 17.2 Å². The molecular weight excluding hydrogens is 935 g/mol. The lowest BCUT2D eigenvalue weighted by Gasteiger charge is -2.35. The third-order valence-corrected chi connectivity index (χ3v) is 14.9. The topological polar surface area (TPSA) is 173 Å². The highest BCUT2D eigenvalue weighted by molar-refractivity contribution is 6.03. The summed E-state index contributed by atoms with van der Waals surface area (Å²) < 4.78 is 18.9. The van der Waals surface area contributed by atoms with Crippen molar-refractivity contribution in [3.05, 3.63) is 147 Å². The fourth-order valence-corrected chi connectivity index (χ4v) is 10.5. The van der Waals surface area contributed by atoms with Crippen LogP contribution in [0.3, 0.4) is 0 Å². The fraction of sp³-hybridized carbons (Fsp3) is 0.383. The van der Waals surface area contributed by atoms with Gasteiger partial charge in [0.25, 0.3) is 11.8 Å². The lowest BCUT2D eigenvalue weighted by atomic mass is 9.92. The van der Waals surface area contributed by atoms with E-state index in [-0.39, 0.29) is 73.3 Å². The number of Topliss-reactive ketones (excluding diaryl/α,β-unsaturated/α-hetero) is 2. The number of amides is 4. The Bertz CT molecular complexity index is 3040. The Morgan fingerprint density at radius 3 is 2.08 bits per heavy atom. The number of aliphatic imine (C=N–C) groups is 1. The number of unbranched alkanes of at least 4 members (excludes halogenated alkanes) is 1. The highest BCUT2D eigenvalue weighted by Crippen LogP contribution is 2.39. The summed E-state index contributed by atoms with van der Waals surface area (Å²) >= 11 is 0. The van der Waals surface area contributed by atoms with Gasteiger partial charge in [0.15, 0.2) is 17.3 Å². The summed E-state index contributed by atoms with van der Waals surface area (Å²) in [6.45, 7) is 8.22. The molecule has 0 fully saturated rings. The molecule has 0 saturated carbocycles. The SMILES string of the molecule is CCC(=O)CCCCC(=O)N[C@@H](C)C(=O)C[C@@H](C)C(=O)Nc1cc(COc2cc3c(cc2C)C(=O)N2Cc4ccccc4C[C@H]2C=N3)cc(COc2cc3c(cc2OC)C(=O)N2Cc4ccccc4C[C@H]2CC3)c1. The van der Waals surface area contributed by atoms with Crippen LogP contribution in [0.1, 0.15) is 131 Å². The molecule has 0 unspecified atom stereocenters. The van der Waals surface area contributed by atoms with Gasteiger partial charge in [-0.15, -0.1) is 0 Å². The summed E-state index contributed by atoms with van der Waals surface area (Å²) in [5.41, 5.74) is 9.95. The zero-order valence-electron chi connectivity index (χ0n) is 43.0. The summed E-state index contributed by atoms with van der Waals surface area (Å²) in [5.74, 6) is -0.173. The van der Waals surface area contributed by atoms with Gasteiger partial charge in [-0.2, -0.15) is 0 Å². The number of fused-ring (bicyclic) bond motifs is 6. The normalized spacial score (nSPS) is 17.1. The second kappa shape index (κ2) is 22.7. The molecule has 4 amide bonds. The number of carbonyl (C=O) groups excluding carboxylic acids is 6. The number of aryl methyl sites for hydroxylation is 2. The van der Waals surface area contributed by atoms with E-state index in [4.69, 9.17) is 19.2 Å². The molecule has 5 aromatic carbocycles. The minimum Gasteiger partial charge on any atom is -0.493 e. The quantitative estimate of drug-likeness (QED) is 0.0764. The van der Waals surface area contributed by atoms with Gasteiger partial charge < -0.3 is 34.6 Å². The average molecular weight is 1000 g/mol. The Morgan fingerprint density at radius 2 is 1.38 bits per heavy atom. The standard InChI is InChI=1S/C60H65N5O9/c1-6-49(66)17-11-12-18-57(68)62-38(4)53(67)22-37(3)58(69)63-46-24-39(34-73-54-30-52-51(21-36(54)2)60(71)65-33-45-16-10-8-14-42(45)27-48(65)31-61-52)23-40(25-46)35-74-56-28-43-19-20-47-26-41-13-7-9-15-44(41)32-64(47)59(70)50(43)29-55(56)72-5/h7-10,13-16,21,23-25,28-31,37-38,47-48H,6,11-12,17-20,22,26-27,32-35H2,1-5H3,(H,62,68)(H,63,69)/t37-,38+,47-,48+/m1/s1. The monoisotopic (exact) mass is 999 g/mol. The van der Waals surface area contributed by atoms with E-state index in [1.165, 1.54) is 16.7 Å². The molecule has 2 N–H and O–H groups in total. The molecule has 9 rings (SSSR count). The van der Waals surface area contributed by atoms with Crippen molar-refractivity contribution in [2.75, 3.05) is 12.4 Å². The van der Waals surface area contributed by atoms with Crippen molar-refractivity contribution in [2.24, 2.45) is 10.9 Å². The molecular formula is C60H65N5O9. The number of rotatable bonds is 19. The molecule has 0 saturated heterocycles. The number of hydrogen-bond acceptors (Lipinski definition) is 10. The number of nitrogens with zero attached hydrogens (tertiary/aromatic N) is 3. The zero-order chi connectivity index (χ0) is 52.0. The van der Waals surface area contributed by atoms with Crippen molar-refractivity contribution in [2.45, 2.75) is 136 Å². The number of methoxy groups -OCH3 is 1. The molecule has 4 aliphatic rings. The first-order chi connectivity index (χ1) is 35.7. The molecule has 0 spiro atoms. The van der Waals surface area contributed by atoms with Gasteiger partial charge in [-0.25, -0.2) is 0 Å². The third-order valence-electron chi connectivity index (χ3n) is 14.9. The number of ether oxygens (including phenoxy) is 3. The lowest BCUT2D eigenvalue weighted by molar-refractivity contribution is -0.129. The van der Waals surface area contributed by atoms with E-state index in [1.54, 1.807) is 33.1 Å². The van der Waals surface area contributed by atoms with Gasteiger partial charge in [-0.3, -0.25) is 33.8 Å². The molecule has 5 aromatic rings. The second-order valence-electron chi connectivity index (χ2n) is 20.2. The van der Waals surface area contributed by atoms with Gasteiger partial charge in [0, 0.05) is 74.3 Å². The molecule has 0 bridgehead atoms. The van der Waals surface area contributed by atoms with E-state index >= 15 is 0 Å². The molecule has 4 heterocycles. The summed E-state index contributed by atoms with van der Waals surface area (Å²) in [5, 5.41) is 5.75. The van der Waals surface area contributed by atoms with Gasteiger partial charge in [0.1, 0.15) is 24.7 Å². The Balaban J connectivity index is 0.918. The first-order valence-corrected chi connectivity index (χ1v) is 25.9. The Labute approximate surface area is 432 Å². The van der Waals surface area contributed by atoms with Gasteiger partial charge in [0.05, 0.1) is 30.4 Å². The maximum absolute atomic E-state index is 14.1. The number of anilines is 1. The van der Waals surface area contributed by atoms with Crippen LogP contribution in [0, 0.1) is 12.8 Å². The summed E-state index contributed by atoms with van der Waals surface area (Å²) in [4.78, 5) is 88.2. The van der Waals surface area contributed by atoms with Crippen LogP contribution in [-0.4, -0.2) is 76.4 Å². The van der Waals surface area contributed by atoms with E-state index in [0.717, 1.165) is 29.5 Å². The minimum atomic E-state index is -0.792. The highest BCUT2D eigenvalue weighted by Gasteiger charge is 2.36. The lowest BCUT2D eigenvalue weighted by Crippen LogP contribution is -2.44. The first-order valence-electron chi connectivity index (χ1n) is 25.9. The van der Waals surface area contributed by atoms with Crippen LogP contribution >= 0.6 is 0 Å². The predicted molar refractivity (Wildman–Crippen MR) is 282 cm³/mol. The van der Waals surface area contributed by atoms with Gasteiger partial charge >= 0.3 is 0 Å². The second-order valence-corrected chi connectivity index (χ2v) is 20.2. The van der Waals surface area contributed by atoms with Crippen LogP contribution in [0.25, 0.3) is 0 Å². The molecule has 74 heavy (non-hydrogen) atoms. The largest absolute Gasteiger partial charge is 0.493 e. The molecule has 4 aliphatic heterocycles. The minimum absolute atomic E-state index is 0.0252. The van der Waals surface area contributed by atoms with Crippen LogP contribution in [-0.2, 0) is 64.7 Å². The molecule has 0 aliphatic carbocycles. The smallest absolute Gasteiger partial charge is 0.256 e. The van der Waals surface area contributed by atoms with Gasteiger partial charge in [-0.1, -0.05) is 62.4 Å².